The predicted molar refractivity (Wildman–Crippen MR) is 127 cm³/mol. The molecule has 0 aliphatic carbocycles. The summed E-state index contributed by atoms with van der Waals surface area (Å²) < 4.78 is 0. The van der Waals surface area contributed by atoms with Crippen LogP contribution >= 0.6 is 11.8 Å². The van der Waals surface area contributed by atoms with Gasteiger partial charge in [-0.15, -0.1) is 0 Å². The van der Waals surface area contributed by atoms with E-state index in [2.05, 4.69) is 20.9 Å². The maximum atomic E-state index is 13.2. The van der Waals surface area contributed by atoms with E-state index in [0.717, 1.165) is 5.56 Å². The number of hydrogen-bond acceptors (Lipinski definition) is 6. The van der Waals surface area contributed by atoms with E-state index < -0.39 is 29.9 Å². The number of thioether (sulfide) groups is 1. The lowest BCUT2D eigenvalue weighted by Crippen LogP contribution is -2.56. The van der Waals surface area contributed by atoms with Crippen LogP contribution in [-0.4, -0.2) is 59.1 Å². The molecule has 0 unspecified atom stereocenters. The highest BCUT2D eigenvalue weighted by Crippen LogP contribution is 2.11. The van der Waals surface area contributed by atoms with Crippen molar-refractivity contribution in [2.24, 2.45) is 11.8 Å². The van der Waals surface area contributed by atoms with Crippen LogP contribution < -0.4 is 16.0 Å². The van der Waals surface area contributed by atoms with Gasteiger partial charge in [0.05, 0.1) is 6.04 Å². The molecule has 178 valence electrons. The van der Waals surface area contributed by atoms with Gasteiger partial charge in [-0.05, 0) is 54.9 Å². The van der Waals surface area contributed by atoms with Crippen LogP contribution in [0.4, 0.5) is 0 Å². The van der Waals surface area contributed by atoms with Gasteiger partial charge < -0.3 is 16.0 Å². The third-order valence-electron chi connectivity index (χ3n) is 4.95. The van der Waals surface area contributed by atoms with Gasteiger partial charge in [-0.3, -0.25) is 24.2 Å². The summed E-state index contributed by atoms with van der Waals surface area (Å²) in [6.45, 7) is 7.50. The van der Waals surface area contributed by atoms with Gasteiger partial charge in [0, 0.05) is 18.3 Å². The minimum absolute atomic E-state index is 0.0785. The Labute approximate surface area is 195 Å². The molecule has 0 saturated heterocycles. The number of nitrogens with zero attached hydrogens (tertiary/aromatic N) is 1. The zero-order chi connectivity index (χ0) is 24.1. The van der Waals surface area contributed by atoms with Crippen LogP contribution in [0.2, 0.25) is 0 Å². The van der Waals surface area contributed by atoms with Crippen molar-refractivity contribution in [3.05, 3.63) is 30.1 Å². The van der Waals surface area contributed by atoms with Crippen molar-refractivity contribution < 1.29 is 19.2 Å². The third-order valence-corrected chi connectivity index (χ3v) is 5.60. The zero-order valence-electron chi connectivity index (χ0n) is 19.6. The summed E-state index contributed by atoms with van der Waals surface area (Å²) in [6.07, 6.45) is 6.91. The Morgan fingerprint density at radius 1 is 1.00 bits per heavy atom. The average Bonchev–Trinajstić information content (AvgIpc) is 2.75. The molecule has 0 spiro atoms. The fourth-order valence-corrected chi connectivity index (χ4v) is 3.71. The SMILES string of the molecule is CSCC[C@H](NC=O)C(=O)N[C@@H](CC(C)C)C(=O)N[C@@H](Cc1ccncc1)C(=O)C(C)C. The molecular formula is C23H36N4O4S. The molecule has 1 aromatic rings. The first kappa shape index (κ1) is 27.6. The monoisotopic (exact) mass is 464 g/mol. The molecule has 1 heterocycles. The van der Waals surface area contributed by atoms with E-state index in [1.54, 1.807) is 38.0 Å². The number of carbonyl (C=O) groups is 4. The molecule has 3 N–H and O–H groups in total. The van der Waals surface area contributed by atoms with Crippen LogP contribution in [0.1, 0.15) is 46.1 Å². The molecule has 1 rings (SSSR count). The predicted octanol–water partition coefficient (Wildman–Crippen LogP) is 1.73. The molecular weight excluding hydrogens is 428 g/mol. The van der Waals surface area contributed by atoms with Crippen molar-refractivity contribution in [1.82, 2.24) is 20.9 Å². The maximum Gasteiger partial charge on any atom is 0.243 e. The Morgan fingerprint density at radius 3 is 2.12 bits per heavy atom. The molecule has 0 saturated carbocycles. The van der Waals surface area contributed by atoms with E-state index in [0.29, 0.717) is 31.4 Å². The second kappa shape index (κ2) is 14.6. The second-order valence-corrected chi connectivity index (χ2v) is 9.47. The van der Waals surface area contributed by atoms with Crippen LogP contribution in [0.25, 0.3) is 0 Å². The van der Waals surface area contributed by atoms with Gasteiger partial charge in [0.25, 0.3) is 0 Å². The highest BCUT2D eigenvalue weighted by molar-refractivity contribution is 7.98. The fourth-order valence-electron chi connectivity index (χ4n) is 3.24. The quantitative estimate of drug-likeness (QED) is 0.340. The van der Waals surface area contributed by atoms with Gasteiger partial charge in [0.2, 0.25) is 18.2 Å². The number of aromatic nitrogens is 1. The number of Topliss-reactive ketones (excluding diaryl/α,β-unsaturated/α-hetero) is 1. The minimum atomic E-state index is -0.812. The standard InChI is InChI=1S/C23H36N4O4S/c1-15(2)12-20(27-22(30)18(25-14-28)8-11-32-5)23(31)26-19(21(29)16(3)4)13-17-6-9-24-10-7-17/h6-7,9-10,14-16,18-20H,8,11-13H2,1-5H3,(H,25,28)(H,26,31)(H,27,30)/t18-,19-,20-/m0/s1. The molecule has 0 aromatic carbocycles. The Kier molecular flexibility index (Phi) is 12.6. The van der Waals surface area contributed by atoms with Crippen LogP contribution in [-0.2, 0) is 25.6 Å². The van der Waals surface area contributed by atoms with Crippen LogP contribution in [0.5, 0.6) is 0 Å². The lowest BCUT2D eigenvalue weighted by molar-refractivity contribution is -0.133. The Balaban J connectivity index is 2.99. The molecule has 9 heteroatoms. The minimum Gasteiger partial charge on any atom is -0.347 e. The topological polar surface area (TPSA) is 117 Å². The molecule has 0 aliphatic heterocycles. The highest BCUT2D eigenvalue weighted by Gasteiger charge is 2.30. The van der Waals surface area contributed by atoms with E-state index in [4.69, 9.17) is 0 Å². The number of carbonyl (C=O) groups excluding carboxylic acids is 4. The molecule has 0 bridgehead atoms. The number of rotatable bonds is 15. The number of ketones is 1. The van der Waals surface area contributed by atoms with E-state index in [1.807, 2.05) is 32.2 Å². The number of amides is 3. The molecule has 3 atom stereocenters. The van der Waals surface area contributed by atoms with Gasteiger partial charge in [-0.25, -0.2) is 0 Å². The van der Waals surface area contributed by atoms with E-state index in [-0.39, 0.29) is 17.6 Å². The summed E-state index contributed by atoms with van der Waals surface area (Å²) in [6, 6.07) is 1.38. The summed E-state index contributed by atoms with van der Waals surface area (Å²) >= 11 is 1.57. The van der Waals surface area contributed by atoms with Crippen molar-refractivity contribution in [2.75, 3.05) is 12.0 Å². The largest absolute Gasteiger partial charge is 0.347 e. The van der Waals surface area contributed by atoms with Gasteiger partial charge in [0.15, 0.2) is 5.78 Å². The van der Waals surface area contributed by atoms with Crippen LogP contribution in [0, 0.1) is 11.8 Å². The number of pyridine rings is 1. The molecule has 3 amide bonds. The van der Waals surface area contributed by atoms with Crippen molar-refractivity contribution in [1.29, 1.82) is 0 Å². The average molecular weight is 465 g/mol. The Morgan fingerprint density at radius 2 is 1.59 bits per heavy atom. The first-order valence-electron chi connectivity index (χ1n) is 10.9. The van der Waals surface area contributed by atoms with Gasteiger partial charge in [0.1, 0.15) is 12.1 Å². The zero-order valence-corrected chi connectivity index (χ0v) is 20.4. The molecule has 8 nitrogen and oxygen atoms in total. The number of hydrogen-bond donors (Lipinski definition) is 3. The van der Waals surface area contributed by atoms with Crippen molar-refractivity contribution in [3.63, 3.8) is 0 Å². The van der Waals surface area contributed by atoms with Gasteiger partial charge >= 0.3 is 0 Å². The summed E-state index contributed by atoms with van der Waals surface area (Å²) in [5, 5.41) is 8.15. The molecule has 32 heavy (non-hydrogen) atoms. The van der Waals surface area contributed by atoms with Crippen molar-refractivity contribution in [2.45, 2.75) is 65.1 Å². The normalized spacial score (nSPS) is 13.8. The van der Waals surface area contributed by atoms with E-state index in [1.165, 1.54) is 0 Å². The van der Waals surface area contributed by atoms with Gasteiger partial charge in [-0.2, -0.15) is 11.8 Å². The summed E-state index contributed by atoms with van der Waals surface area (Å²) in [5.74, 6) is -0.327. The molecule has 0 fully saturated rings. The first-order valence-corrected chi connectivity index (χ1v) is 12.3. The summed E-state index contributed by atoms with van der Waals surface area (Å²) in [7, 11) is 0. The third kappa shape index (κ3) is 9.80. The van der Waals surface area contributed by atoms with Crippen molar-refractivity contribution >= 4 is 35.8 Å². The smallest absolute Gasteiger partial charge is 0.243 e. The lowest BCUT2D eigenvalue weighted by atomic mass is 9.95. The molecule has 0 radical (unpaired) electrons. The second-order valence-electron chi connectivity index (χ2n) is 8.49. The van der Waals surface area contributed by atoms with Crippen LogP contribution in [0.3, 0.4) is 0 Å². The summed E-state index contributed by atoms with van der Waals surface area (Å²) in [5.41, 5.74) is 0.885. The highest BCUT2D eigenvalue weighted by atomic mass is 32.2. The number of nitrogens with one attached hydrogen (secondary N) is 3. The van der Waals surface area contributed by atoms with Crippen molar-refractivity contribution in [3.8, 4) is 0 Å². The Hall–Kier alpha value is -2.42. The summed E-state index contributed by atoms with van der Waals surface area (Å²) in [4.78, 5) is 53.6. The van der Waals surface area contributed by atoms with Gasteiger partial charge in [-0.1, -0.05) is 27.7 Å². The Bertz CT molecular complexity index is 743. The fraction of sp³-hybridized carbons (Fsp3) is 0.609. The van der Waals surface area contributed by atoms with Crippen LogP contribution in [0.15, 0.2) is 24.5 Å². The van der Waals surface area contributed by atoms with E-state index in [9.17, 15) is 19.2 Å². The maximum absolute atomic E-state index is 13.2. The van der Waals surface area contributed by atoms with E-state index >= 15 is 0 Å². The molecule has 0 aliphatic rings. The first-order chi connectivity index (χ1) is 15.2. The molecule has 1 aromatic heterocycles. The lowest BCUT2D eigenvalue weighted by Gasteiger charge is -2.26.